The van der Waals surface area contributed by atoms with E-state index in [4.69, 9.17) is 21.3 Å². The summed E-state index contributed by atoms with van der Waals surface area (Å²) < 4.78 is 5.45. The summed E-state index contributed by atoms with van der Waals surface area (Å²) in [5, 5.41) is 0.789. The Balaban J connectivity index is 1.41. The van der Waals surface area contributed by atoms with Crippen LogP contribution in [0.3, 0.4) is 0 Å². The molecule has 1 aromatic carbocycles. The second-order valence-electron chi connectivity index (χ2n) is 7.58. The highest BCUT2D eigenvalue weighted by Gasteiger charge is 2.25. The van der Waals surface area contributed by atoms with Crippen molar-refractivity contribution in [2.75, 3.05) is 56.2 Å². The van der Waals surface area contributed by atoms with Gasteiger partial charge in [0, 0.05) is 50.5 Å². The lowest BCUT2D eigenvalue weighted by molar-refractivity contribution is 0.122. The van der Waals surface area contributed by atoms with Crippen LogP contribution >= 0.6 is 11.6 Å². The van der Waals surface area contributed by atoms with Crippen LogP contribution in [0.2, 0.25) is 5.02 Å². The number of hydrogen-bond donors (Lipinski definition) is 0. The molecule has 150 valence electrons. The number of hydrogen-bond acceptors (Lipinski definition) is 6. The summed E-state index contributed by atoms with van der Waals surface area (Å²) in [4.78, 5) is 16.4. The van der Waals surface area contributed by atoms with Gasteiger partial charge in [0.25, 0.3) is 0 Å². The van der Waals surface area contributed by atoms with Crippen molar-refractivity contribution in [3.63, 3.8) is 0 Å². The lowest BCUT2D eigenvalue weighted by Gasteiger charge is -2.38. The van der Waals surface area contributed by atoms with Crippen LogP contribution in [0.1, 0.15) is 18.4 Å². The maximum absolute atomic E-state index is 6.01. The number of likely N-dealkylation sites (tertiary alicyclic amines) is 1. The molecule has 2 fully saturated rings. The number of anilines is 2. The summed E-state index contributed by atoms with van der Waals surface area (Å²) in [7, 11) is 2.12. The first-order valence-corrected chi connectivity index (χ1v) is 10.4. The number of nitrogens with zero attached hydrogens (tertiary/aromatic N) is 5. The normalized spacial score (nSPS) is 20.9. The Morgan fingerprint density at radius 1 is 1.14 bits per heavy atom. The van der Waals surface area contributed by atoms with Gasteiger partial charge in [-0.1, -0.05) is 23.7 Å². The molecule has 0 N–H and O–H groups in total. The number of rotatable bonds is 5. The van der Waals surface area contributed by atoms with E-state index in [0.29, 0.717) is 6.04 Å². The van der Waals surface area contributed by atoms with Crippen LogP contribution in [-0.2, 0) is 11.3 Å². The van der Waals surface area contributed by atoms with Gasteiger partial charge in [-0.3, -0.25) is 4.90 Å². The molecule has 7 heteroatoms. The first-order valence-electron chi connectivity index (χ1n) is 10.0. The molecule has 0 bridgehead atoms. The first-order chi connectivity index (χ1) is 13.7. The van der Waals surface area contributed by atoms with Gasteiger partial charge in [0.2, 0.25) is 5.95 Å². The maximum Gasteiger partial charge on any atom is 0.227 e. The van der Waals surface area contributed by atoms with E-state index in [1.807, 2.05) is 24.4 Å². The van der Waals surface area contributed by atoms with E-state index >= 15 is 0 Å². The van der Waals surface area contributed by atoms with Gasteiger partial charge in [-0.15, -0.1) is 0 Å². The van der Waals surface area contributed by atoms with Gasteiger partial charge in [-0.25, -0.2) is 4.98 Å². The van der Waals surface area contributed by atoms with Crippen LogP contribution in [0.15, 0.2) is 36.5 Å². The molecule has 3 heterocycles. The van der Waals surface area contributed by atoms with Crippen molar-refractivity contribution >= 4 is 23.4 Å². The summed E-state index contributed by atoms with van der Waals surface area (Å²) in [5.74, 6) is 1.80. The standard InChI is InChI=1S/C21H28ClN5O/c1-25(21-23-9-8-20(24-21)27-11-13-28-14-12-27)19-3-2-10-26(16-19)15-17-4-6-18(22)7-5-17/h4-9,19H,2-3,10-16H2,1H3. The molecule has 4 rings (SSSR count). The Morgan fingerprint density at radius 3 is 2.71 bits per heavy atom. The van der Waals surface area contributed by atoms with E-state index in [2.05, 4.69) is 38.9 Å². The van der Waals surface area contributed by atoms with Crippen LogP contribution in [0.25, 0.3) is 0 Å². The topological polar surface area (TPSA) is 44.7 Å². The highest BCUT2D eigenvalue weighted by atomic mass is 35.5. The largest absolute Gasteiger partial charge is 0.378 e. The zero-order valence-electron chi connectivity index (χ0n) is 16.4. The smallest absolute Gasteiger partial charge is 0.227 e. The third-order valence-corrected chi connectivity index (χ3v) is 5.88. The van der Waals surface area contributed by atoms with E-state index in [1.165, 1.54) is 18.4 Å². The lowest BCUT2D eigenvalue weighted by Crippen LogP contribution is -2.47. The summed E-state index contributed by atoms with van der Waals surface area (Å²) in [6.45, 7) is 6.40. The third-order valence-electron chi connectivity index (χ3n) is 5.63. The second kappa shape index (κ2) is 9.07. The van der Waals surface area contributed by atoms with E-state index in [0.717, 1.165) is 62.7 Å². The number of piperidine rings is 1. The fourth-order valence-electron chi connectivity index (χ4n) is 3.98. The molecular formula is C21H28ClN5O. The summed E-state index contributed by atoms with van der Waals surface area (Å²) in [5.41, 5.74) is 1.30. The molecule has 0 radical (unpaired) electrons. The zero-order valence-corrected chi connectivity index (χ0v) is 17.2. The minimum Gasteiger partial charge on any atom is -0.378 e. The van der Waals surface area contributed by atoms with Crippen LogP contribution in [0, 0.1) is 0 Å². The molecule has 2 aliphatic heterocycles. The van der Waals surface area contributed by atoms with Crippen LogP contribution in [0.4, 0.5) is 11.8 Å². The molecule has 6 nitrogen and oxygen atoms in total. The molecule has 2 aliphatic rings. The van der Waals surface area contributed by atoms with Crippen LogP contribution < -0.4 is 9.80 Å². The Kier molecular flexibility index (Phi) is 6.29. The Bertz CT molecular complexity index is 766. The predicted octanol–water partition coefficient (Wildman–Crippen LogP) is 3.07. The van der Waals surface area contributed by atoms with E-state index in [-0.39, 0.29) is 0 Å². The molecule has 1 aromatic heterocycles. The van der Waals surface area contributed by atoms with Crippen LogP contribution in [0.5, 0.6) is 0 Å². The molecule has 0 saturated carbocycles. The first kappa shape index (κ1) is 19.4. The molecule has 0 aliphatic carbocycles. The Morgan fingerprint density at radius 2 is 1.93 bits per heavy atom. The van der Waals surface area contributed by atoms with Gasteiger partial charge >= 0.3 is 0 Å². The quantitative estimate of drug-likeness (QED) is 0.767. The number of ether oxygens (including phenoxy) is 1. The summed E-state index contributed by atoms with van der Waals surface area (Å²) in [6, 6.07) is 10.6. The Labute approximate surface area is 172 Å². The SMILES string of the molecule is CN(c1nccc(N2CCOCC2)n1)C1CCCN(Cc2ccc(Cl)cc2)C1. The minimum absolute atomic E-state index is 0.418. The third kappa shape index (κ3) is 4.74. The number of likely N-dealkylation sites (N-methyl/N-ethyl adjacent to an activating group) is 1. The van der Waals surface area contributed by atoms with Crippen molar-refractivity contribution in [2.45, 2.75) is 25.4 Å². The highest BCUT2D eigenvalue weighted by Crippen LogP contribution is 2.22. The fourth-order valence-corrected chi connectivity index (χ4v) is 4.11. The van der Waals surface area contributed by atoms with Gasteiger partial charge in [0.05, 0.1) is 13.2 Å². The maximum atomic E-state index is 6.01. The summed E-state index contributed by atoms with van der Waals surface area (Å²) >= 11 is 6.01. The van der Waals surface area contributed by atoms with Gasteiger partial charge in [0.15, 0.2) is 0 Å². The number of aromatic nitrogens is 2. The summed E-state index contributed by atoms with van der Waals surface area (Å²) in [6.07, 6.45) is 4.22. The van der Waals surface area contributed by atoms with E-state index in [9.17, 15) is 0 Å². The van der Waals surface area contributed by atoms with Crippen molar-refractivity contribution in [3.05, 3.63) is 47.1 Å². The van der Waals surface area contributed by atoms with Gasteiger partial charge < -0.3 is 14.5 Å². The fraction of sp³-hybridized carbons (Fsp3) is 0.524. The molecular weight excluding hydrogens is 374 g/mol. The molecule has 0 spiro atoms. The van der Waals surface area contributed by atoms with Gasteiger partial charge in [-0.05, 0) is 43.1 Å². The van der Waals surface area contributed by atoms with Crippen molar-refractivity contribution in [1.82, 2.24) is 14.9 Å². The van der Waals surface area contributed by atoms with Crippen molar-refractivity contribution in [2.24, 2.45) is 0 Å². The number of halogens is 1. The molecule has 2 aromatic rings. The number of morpholine rings is 1. The lowest BCUT2D eigenvalue weighted by atomic mass is 10.0. The predicted molar refractivity (Wildman–Crippen MR) is 113 cm³/mol. The molecule has 1 atom stereocenters. The molecule has 2 saturated heterocycles. The van der Waals surface area contributed by atoms with Crippen molar-refractivity contribution in [3.8, 4) is 0 Å². The zero-order chi connectivity index (χ0) is 19.3. The van der Waals surface area contributed by atoms with Crippen LogP contribution in [-0.4, -0.2) is 67.4 Å². The van der Waals surface area contributed by atoms with Gasteiger partial charge in [-0.2, -0.15) is 4.98 Å². The van der Waals surface area contributed by atoms with Gasteiger partial charge in [0.1, 0.15) is 5.82 Å². The van der Waals surface area contributed by atoms with E-state index in [1.54, 1.807) is 0 Å². The molecule has 28 heavy (non-hydrogen) atoms. The highest BCUT2D eigenvalue weighted by molar-refractivity contribution is 6.30. The second-order valence-corrected chi connectivity index (χ2v) is 8.02. The monoisotopic (exact) mass is 401 g/mol. The molecule has 0 amide bonds. The Hall–Kier alpha value is -1.89. The van der Waals surface area contributed by atoms with E-state index < -0.39 is 0 Å². The number of benzene rings is 1. The van der Waals surface area contributed by atoms with Crippen molar-refractivity contribution in [1.29, 1.82) is 0 Å². The minimum atomic E-state index is 0.418. The average molecular weight is 402 g/mol. The average Bonchev–Trinajstić information content (AvgIpc) is 2.76. The molecule has 1 unspecified atom stereocenters. The van der Waals surface area contributed by atoms with Crippen molar-refractivity contribution < 1.29 is 4.74 Å².